The Morgan fingerprint density at radius 3 is 1.81 bits per heavy atom. The molecule has 1 aliphatic rings. The third kappa shape index (κ3) is 4.18. The van der Waals surface area contributed by atoms with E-state index in [1.54, 1.807) is 0 Å². The Hall–Kier alpha value is -2.82. The molecule has 1 aliphatic heterocycles. The third-order valence-electron chi connectivity index (χ3n) is 5.30. The standard InChI is InChI=1S/C25H27NO4S/c1-24(2,3)21-9-7-17(29-21)23(18-8-10-22(30-18)25(4,5)6)15-11-19-20(28-14-27-19)12-16(15)26-13-31/h7-12,23H,14H2,1-6H3. The van der Waals surface area contributed by atoms with Gasteiger partial charge in [0.1, 0.15) is 29.0 Å². The second kappa shape index (κ2) is 7.70. The van der Waals surface area contributed by atoms with E-state index in [-0.39, 0.29) is 23.5 Å². The predicted octanol–water partition coefficient (Wildman–Crippen LogP) is 7.11. The molecule has 0 spiro atoms. The summed E-state index contributed by atoms with van der Waals surface area (Å²) in [6, 6.07) is 11.8. The fourth-order valence-corrected chi connectivity index (χ4v) is 3.69. The van der Waals surface area contributed by atoms with Crippen molar-refractivity contribution in [3.05, 3.63) is 65.0 Å². The molecule has 0 aliphatic carbocycles. The lowest BCUT2D eigenvalue weighted by molar-refractivity contribution is 0.174. The van der Waals surface area contributed by atoms with E-state index in [2.05, 4.69) is 51.7 Å². The Morgan fingerprint density at radius 2 is 1.35 bits per heavy atom. The number of hydrogen-bond acceptors (Lipinski definition) is 6. The van der Waals surface area contributed by atoms with Crippen molar-refractivity contribution in [3.63, 3.8) is 0 Å². The van der Waals surface area contributed by atoms with Crippen LogP contribution in [0, 0.1) is 0 Å². The molecule has 31 heavy (non-hydrogen) atoms. The predicted molar refractivity (Wildman–Crippen MR) is 123 cm³/mol. The molecule has 1 aromatic carbocycles. The van der Waals surface area contributed by atoms with Gasteiger partial charge in [-0.05, 0) is 42.5 Å². The number of nitrogens with zero attached hydrogens (tertiary/aromatic N) is 1. The Labute approximate surface area is 188 Å². The first-order valence-corrected chi connectivity index (χ1v) is 10.7. The number of rotatable bonds is 4. The zero-order valence-electron chi connectivity index (χ0n) is 18.7. The maximum atomic E-state index is 6.35. The molecule has 0 N–H and O–H groups in total. The van der Waals surface area contributed by atoms with Crippen LogP contribution in [0.4, 0.5) is 5.69 Å². The van der Waals surface area contributed by atoms with Gasteiger partial charge in [0.15, 0.2) is 11.5 Å². The molecule has 2 aromatic heterocycles. The Morgan fingerprint density at radius 1 is 0.839 bits per heavy atom. The van der Waals surface area contributed by atoms with Crippen LogP contribution in [0.2, 0.25) is 0 Å². The molecule has 0 bridgehead atoms. The highest BCUT2D eigenvalue weighted by Gasteiger charge is 2.31. The third-order valence-corrected chi connectivity index (χ3v) is 5.39. The lowest BCUT2D eigenvalue weighted by Gasteiger charge is -2.19. The van der Waals surface area contributed by atoms with Crippen molar-refractivity contribution in [2.45, 2.75) is 58.3 Å². The number of ether oxygens (including phenoxy) is 2. The molecule has 3 heterocycles. The maximum Gasteiger partial charge on any atom is 0.231 e. The van der Waals surface area contributed by atoms with Crippen molar-refractivity contribution in [1.82, 2.24) is 0 Å². The number of isothiocyanates is 1. The average Bonchev–Trinajstić information content (AvgIpc) is 3.42. The number of furan rings is 2. The first kappa shape index (κ1) is 21.4. The van der Waals surface area contributed by atoms with Crippen LogP contribution >= 0.6 is 12.2 Å². The van der Waals surface area contributed by atoms with Crippen LogP contribution in [0.3, 0.4) is 0 Å². The summed E-state index contributed by atoms with van der Waals surface area (Å²) in [5.74, 6) is 4.29. The van der Waals surface area contributed by atoms with E-state index in [9.17, 15) is 0 Å². The highest BCUT2D eigenvalue weighted by molar-refractivity contribution is 7.78. The summed E-state index contributed by atoms with van der Waals surface area (Å²) in [5.41, 5.74) is 1.26. The summed E-state index contributed by atoms with van der Waals surface area (Å²) in [6.45, 7) is 12.9. The summed E-state index contributed by atoms with van der Waals surface area (Å²) >= 11 is 4.91. The first-order valence-electron chi connectivity index (χ1n) is 10.3. The van der Waals surface area contributed by atoms with Gasteiger partial charge < -0.3 is 18.3 Å². The van der Waals surface area contributed by atoms with Crippen LogP contribution in [0.25, 0.3) is 0 Å². The van der Waals surface area contributed by atoms with Gasteiger partial charge in [-0.3, -0.25) is 0 Å². The summed E-state index contributed by atoms with van der Waals surface area (Å²) in [4.78, 5) is 4.31. The van der Waals surface area contributed by atoms with E-state index < -0.39 is 0 Å². The molecule has 0 amide bonds. The molecule has 3 aromatic rings. The van der Waals surface area contributed by atoms with Crippen LogP contribution < -0.4 is 9.47 Å². The number of thiocarbonyl (C=S) groups is 1. The lowest BCUT2D eigenvalue weighted by Crippen LogP contribution is -2.10. The molecule has 0 atom stereocenters. The van der Waals surface area contributed by atoms with Crippen LogP contribution in [0.1, 0.15) is 76.1 Å². The van der Waals surface area contributed by atoms with Gasteiger partial charge in [-0.1, -0.05) is 41.5 Å². The van der Waals surface area contributed by atoms with E-state index in [0.29, 0.717) is 17.2 Å². The van der Waals surface area contributed by atoms with E-state index in [4.69, 9.17) is 30.5 Å². The van der Waals surface area contributed by atoms with Gasteiger partial charge in [0, 0.05) is 22.5 Å². The zero-order chi connectivity index (χ0) is 22.4. The molecule has 0 saturated carbocycles. The highest BCUT2D eigenvalue weighted by Crippen LogP contribution is 2.46. The average molecular weight is 438 g/mol. The molecule has 0 unspecified atom stereocenters. The highest BCUT2D eigenvalue weighted by atomic mass is 32.1. The molecule has 4 rings (SSSR count). The molecule has 162 valence electrons. The number of benzene rings is 1. The van der Waals surface area contributed by atoms with E-state index >= 15 is 0 Å². The molecular weight excluding hydrogens is 410 g/mol. The quantitative estimate of drug-likeness (QED) is 0.321. The summed E-state index contributed by atoms with van der Waals surface area (Å²) in [6.07, 6.45) is 0. The SMILES string of the molecule is CC(C)(C)c1ccc(C(c2ccc(C(C)(C)C)o2)c2cc3c(cc2N=C=S)OCO3)o1. The zero-order valence-corrected chi connectivity index (χ0v) is 19.6. The Balaban J connectivity index is 1.92. The van der Waals surface area contributed by atoms with Crippen molar-refractivity contribution in [2.75, 3.05) is 6.79 Å². The van der Waals surface area contributed by atoms with Crippen molar-refractivity contribution >= 4 is 23.1 Å². The second-order valence-corrected chi connectivity index (χ2v) is 9.99. The van der Waals surface area contributed by atoms with Gasteiger partial charge in [-0.2, -0.15) is 4.99 Å². The Bertz CT molecular complexity index is 1100. The molecule has 5 nitrogen and oxygen atoms in total. The van der Waals surface area contributed by atoms with Crippen LogP contribution in [-0.2, 0) is 10.8 Å². The minimum atomic E-state index is -0.330. The molecule has 0 saturated heterocycles. The van der Waals surface area contributed by atoms with Crippen molar-refractivity contribution in [2.24, 2.45) is 4.99 Å². The lowest BCUT2D eigenvalue weighted by atomic mass is 9.92. The smallest absolute Gasteiger partial charge is 0.231 e. The number of fused-ring (bicyclic) bond motifs is 1. The number of hydrogen-bond donors (Lipinski definition) is 0. The van der Waals surface area contributed by atoms with E-state index in [0.717, 1.165) is 28.6 Å². The molecule has 0 radical (unpaired) electrons. The van der Waals surface area contributed by atoms with Gasteiger partial charge in [0.2, 0.25) is 6.79 Å². The number of aliphatic imine (C=N–C) groups is 1. The van der Waals surface area contributed by atoms with E-state index in [1.165, 1.54) is 0 Å². The monoisotopic (exact) mass is 437 g/mol. The summed E-state index contributed by atoms with van der Waals surface area (Å²) in [5, 5.41) is 2.48. The van der Waals surface area contributed by atoms with Crippen LogP contribution in [0.15, 0.2) is 50.2 Å². The topological polar surface area (TPSA) is 57.1 Å². The van der Waals surface area contributed by atoms with E-state index in [1.807, 2.05) is 36.4 Å². The first-order chi connectivity index (χ1) is 14.6. The fraction of sp³-hybridized carbons (Fsp3) is 0.400. The largest absolute Gasteiger partial charge is 0.464 e. The van der Waals surface area contributed by atoms with Crippen molar-refractivity contribution in [3.8, 4) is 11.5 Å². The van der Waals surface area contributed by atoms with Crippen molar-refractivity contribution < 1.29 is 18.3 Å². The maximum absolute atomic E-state index is 6.35. The second-order valence-electron chi connectivity index (χ2n) is 9.80. The normalized spacial score (nSPS) is 13.5. The molecule has 0 fully saturated rings. The van der Waals surface area contributed by atoms with Gasteiger partial charge >= 0.3 is 0 Å². The van der Waals surface area contributed by atoms with Gasteiger partial charge in [0.25, 0.3) is 0 Å². The minimum absolute atomic E-state index is 0.118. The van der Waals surface area contributed by atoms with Gasteiger partial charge in [0.05, 0.1) is 10.8 Å². The summed E-state index contributed by atoms with van der Waals surface area (Å²) in [7, 11) is 0. The van der Waals surface area contributed by atoms with Crippen LogP contribution in [0.5, 0.6) is 11.5 Å². The minimum Gasteiger partial charge on any atom is -0.464 e. The van der Waals surface area contributed by atoms with Crippen molar-refractivity contribution in [1.29, 1.82) is 0 Å². The van der Waals surface area contributed by atoms with Gasteiger partial charge in [-0.25, -0.2) is 0 Å². The summed E-state index contributed by atoms with van der Waals surface area (Å²) < 4.78 is 23.9. The van der Waals surface area contributed by atoms with Gasteiger partial charge in [-0.15, -0.1) is 0 Å². The van der Waals surface area contributed by atoms with Crippen LogP contribution in [-0.4, -0.2) is 12.0 Å². The fourth-order valence-electron chi connectivity index (χ4n) is 3.59. The Kier molecular flexibility index (Phi) is 5.32. The molecular formula is C25H27NO4S. The molecule has 6 heteroatoms.